The van der Waals surface area contributed by atoms with E-state index >= 15 is 0 Å². The Hall–Kier alpha value is -0.0400. The van der Waals surface area contributed by atoms with Gasteiger partial charge in [0.15, 0.2) is 0 Å². The first-order chi connectivity index (χ1) is 8.43. The van der Waals surface area contributed by atoms with Gasteiger partial charge in [-0.05, 0) is 66.6 Å². The summed E-state index contributed by atoms with van der Waals surface area (Å²) in [5.74, 6) is 4.65. The Morgan fingerprint density at radius 3 is 2.22 bits per heavy atom. The average molecular weight is 250 g/mol. The van der Waals surface area contributed by atoms with Gasteiger partial charge in [-0.2, -0.15) is 0 Å². The molecule has 0 heterocycles. The largest absolute Gasteiger partial charge is 0.393 e. The fourth-order valence-electron chi connectivity index (χ4n) is 5.61. The van der Waals surface area contributed by atoms with E-state index in [1.54, 1.807) is 0 Å². The van der Waals surface area contributed by atoms with E-state index in [1.165, 1.54) is 32.1 Å². The maximum Gasteiger partial charge on any atom is 0.0596 e. The molecule has 0 aromatic carbocycles. The summed E-state index contributed by atoms with van der Waals surface area (Å²) in [6.07, 6.45) is 6.69. The predicted octanol–water partition coefficient (Wildman–Crippen LogP) is 4.10. The van der Waals surface area contributed by atoms with E-state index in [0.29, 0.717) is 17.3 Å². The molecule has 0 unspecified atom stereocenters. The fourth-order valence-corrected chi connectivity index (χ4v) is 5.61. The summed E-state index contributed by atoms with van der Waals surface area (Å²) >= 11 is 0. The lowest BCUT2D eigenvalue weighted by atomic mass is 9.60. The van der Waals surface area contributed by atoms with Gasteiger partial charge in [-0.15, -0.1) is 0 Å². The van der Waals surface area contributed by atoms with Crippen molar-refractivity contribution >= 4 is 0 Å². The number of hydrogen-bond donors (Lipinski definition) is 1. The zero-order valence-electron chi connectivity index (χ0n) is 12.5. The molecule has 3 rings (SSSR count). The van der Waals surface area contributed by atoms with Crippen molar-refractivity contribution in [3.8, 4) is 0 Å². The van der Waals surface area contributed by atoms with Crippen LogP contribution in [-0.4, -0.2) is 11.2 Å². The highest BCUT2D eigenvalue weighted by Crippen LogP contribution is 2.64. The van der Waals surface area contributed by atoms with Crippen LogP contribution >= 0.6 is 0 Å². The molecule has 3 aliphatic carbocycles. The Bertz CT molecular complexity index is 318. The average Bonchev–Trinajstić information content (AvgIpc) is 2.83. The van der Waals surface area contributed by atoms with E-state index in [2.05, 4.69) is 27.7 Å². The topological polar surface area (TPSA) is 20.2 Å². The van der Waals surface area contributed by atoms with Gasteiger partial charge in [-0.25, -0.2) is 0 Å². The first kappa shape index (κ1) is 13.0. The molecule has 3 fully saturated rings. The molecule has 0 amide bonds. The molecule has 1 heteroatoms. The molecular formula is C17H30O. The monoisotopic (exact) mass is 250 g/mol. The quantitative estimate of drug-likeness (QED) is 0.743. The number of fused-ring (bicyclic) bond motifs is 2. The standard InChI is InChI=1S/C17H30O/c1-10-6-5-7-13(16(10)18)15-9-12-8-14(15)11(2)17(12,3)4/h10-16,18H,5-9H2,1-4H3/t10-,11+,12-,13-,14+,15-,16+/m1/s1. The van der Waals surface area contributed by atoms with Gasteiger partial charge in [0.25, 0.3) is 0 Å². The minimum atomic E-state index is -0.0154. The molecule has 0 aromatic heterocycles. The van der Waals surface area contributed by atoms with Gasteiger partial charge in [0.2, 0.25) is 0 Å². The van der Waals surface area contributed by atoms with Crippen LogP contribution in [0.2, 0.25) is 0 Å². The zero-order chi connectivity index (χ0) is 13.1. The molecule has 0 saturated heterocycles. The van der Waals surface area contributed by atoms with Crippen LogP contribution in [0.3, 0.4) is 0 Å². The predicted molar refractivity (Wildman–Crippen MR) is 75.2 cm³/mol. The molecule has 3 aliphatic rings. The maximum absolute atomic E-state index is 10.5. The van der Waals surface area contributed by atoms with Crippen molar-refractivity contribution in [2.24, 2.45) is 40.9 Å². The normalized spacial score (nSPS) is 54.8. The Morgan fingerprint density at radius 2 is 1.61 bits per heavy atom. The van der Waals surface area contributed by atoms with Crippen LogP contribution in [-0.2, 0) is 0 Å². The minimum Gasteiger partial charge on any atom is -0.393 e. The van der Waals surface area contributed by atoms with E-state index in [9.17, 15) is 5.11 Å². The molecule has 1 nitrogen and oxygen atoms in total. The molecule has 0 radical (unpaired) electrons. The molecular weight excluding hydrogens is 220 g/mol. The third kappa shape index (κ3) is 1.69. The summed E-state index contributed by atoms with van der Waals surface area (Å²) in [6.45, 7) is 9.66. The summed E-state index contributed by atoms with van der Waals surface area (Å²) in [6, 6.07) is 0. The summed E-state index contributed by atoms with van der Waals surface area (Å²) < 4.78 is 0. The molecule has 0 spiro atoms. The van der Waals surface area contributed by atoms with Crippen LogP contribution in [0.25, 0.3) is 0 Å². The van der Waals surface area contributed by atoms with Crippen LogP contribution in [0.1, 0.15) is 59.8 Å². The lowest BCUT2D eigenvalue weighted by Crippen LogP contribution is -2.42. The van der Waals surface area contributed by atoms with Gasteiger partial charge >= 0.3 is 0 Å². The van der Waals surface area contributed by atoms with Crippen LogP contribution in [0.5, 0.6) is 0 Å². The molecule has 0 aliphatic heterocycles. The van der Waals surface area contributed by atoms with Crippen LogP contribution in [0.4, 0.5) is 0 Å². The minimum absolute atomic E-state index is 0.0154. The van der Waals surface area contributed by atoms with Gasteiger partial charge < -0.3 is 5.11 Å². The third-order valence-electron chi connectivity index (χ3n) is 7.30. The highest BCUT2D eigenvalue weighted by Gasteiger charge is 2.57. The first-order valence-electron chi connectivity index (χ1n) is 8.11. The van der Waals surface area contributed by atoms with Crippen molar-refractivity contribution in [1.29, 1.82) is 0 Å². The van der Waals surface area contributed by atoms with Crippen molar-refractivity contribution in [2.45, 2.75) is 65.9 Å². The molecule has 104 valence electrons. The van der Waals surface area contributed by atoms with Gasteiger partial charge in [-0.1, -0.05) is 34.1 Å². The van der Waals surface area contributed by atoms with E-state index in [-0.39, 0.29) is 6.10 Å². The van der Waals surface area contributed by atoms with Crippen LogP contribution in [0.15, 0.2) is 0 Å². The van der Waals surface area contributed by atoms with Gasteiger partial charge in [0.1, 0.15) is 0 Å². The molecule has 18 heavy (non-hydrogen) atoms. The second-order valence-corrected chi connectivity index (χ2v) is 8.17. The van der Waals surface area contributed by atoms with Crippen LogP contribution in [0, 0.1) is 40.9 Å². The second kappa shape index (κ2) is 4.23. The van der Waals surface area contributed by atoms with Gasteiger partial charge in [0.05, 0.1) is 6.10 Å². The summed E-state index contributed by atoms with van der Waals surface area (Å²) in [5.41, 5.74) is 0.548. The number of hydrogen-bond acceptors (Lipinski definition) is 1. The number of aliphatic hydroxyl groups excluding tert-OH is 1. The molecule has 3 saturated carbocycles. The van der Waals surface area contributed by atoms with Crippen molar-refractivity contribution in [1.82, 2.24) is 0 Å². The molecule has 1 N–H and O–H groups in total. The lowest BCUT2D eigenvalue weighted by Gasteiger charge is -2.46. The zero-order valence-corrected chi connectivity index (χ0v) is 12.5. The van der Waals surface area contributed by atoms with Crippen molar-refractivity contribution < 1.29 is 5.11 Å². The lowest BCUT2D eigenvalue weighted by molar-refractivity contribution is -0.0365. The number of rotatable bonds is 1. The van der Waals surface area contributed by atoms with Gasteiger partial charge in [-0.3, -0.25) is 0 Å². The molecule has 0 aromatic rings. The Kier molecular flexibility index (Phi) is 3.05. The maximum atomic E-state index is 10.5. The first-order valence-corrected chi connectivity index (χ1v) is 8.11. The Morgan fingerprint density at radius 1 is 0.944 bits per heavy atom. The fraction of sp³-hybridized carbons (Fsp3) is 1.00. The second-order valence-electron chi connectivity index (χ2n) is 8.17. The van der Waals surface area contributed by atoms with E-state index in [4.69, 9.17) is 0 Å². The summed E-state index contributed by atoms with van der Waals surface area (Å²) in [7, 11) is 0. The van der Waals surface area contributed by atoms with Crippen LogP contribution < -0.4 is 0 Å². The van der Waals surface area contributed by atoms with E-state index < -0.39 is 0 Å². The van der Waals surface area contributed by atoms with Crippen molar-refractivity contribution in [2.75, 3.05) is 0 Å². The SMILES string of the molecule is C[C@@H]1CCC[C@H]([C@H]2C[C@H]3C[C@H]2[C@H](C)C3(C)C)[C@H]1O. The van der Waals surface area contributed by atoms with Crippen molar-refractivity contribution in [3.63, 3.8) is 0 Å². The smallest absolute Gasteiger partial charge is 0.0596 e. The summed E-state index contributed by atoms with van der Waals surface area (Å²) in [5, 5.41) is 10.5. The van der Waals surface area contributed by atoms with Crippen molar-refractivity contribution in [3.05, 3.63) is 0 Å². The molecule has 7 atom stereocenters. The highest BCUT2D eigenvalue weighted by molar-refractivity contribution is 5.06. The summed E-state index contributed by atoms with van der Waals surface area (Å²) in [4.78, 5) is 0. The van der Waals surface area contributed by atoms with Gasteiger partial charge in [0, 0.05) is 0 Å². The number of aliphatic hydroxyl groups is 1. The van der Waals surface area contributed by atoms with E-state index in [1.807, 2.05) is 0 Å². The Labute approximate surface area is 112 Å². The molecule has 2 bridgehead atoms. The third-order valence-corrected chi connectivity index (χ3v) is 7.30. The van der Waals surface area contributed by atoms with E-state index in [0.717, 1.165) is 23.7 Å². The Balaban J connectivity index is 1.76. The highest BCUT2D eigenvalue weighted by atomic mass is 16.3.